The first-order valence-corrected chi connectivity index (χ1v) is 16.4. The van der Waals surface area contributed by atoms with Crippen molar-refractivity contribution in [2.75, 3.05) is 24.5 Å². The fraction of sp³-hybridized carbons (Fsp3) is 0.405. The highest BCUT2D eigenvalue weighted by molar-refractivity contribution is 5.89. The van der Waals surface area contributed by atoms with Gasteiger partial charge >= 0.3 is 5.97 Å². The number of amides is 1. The topological polar surface area (TPSA) is 91.6 Å². The van der Waals surface area contributed by atoms with E-state index in [1.165, 1.54) is 34.1 Å². The molecular weight excluding hydrogens is 562 g/mol. The number of likely N-dealkylation sites (tertiary alicyclic amines) is 1. The number of carboxylic acids is 1. The van der Waals surface area contributed by atoms with Gasteiger partial charge in [0.15, 0.2) is 5.82 Å². The summed E-state index contributed by atoms with van der Waals surface area (Å²) in [7, 11) is 0. The molecule has 1 amide bonds. The van der Waals surface area contributed by atoms with Gasteiger partial charge in [0.25, 0.3) is 0 Å². The minimum Gasteiger partial charge on any atom is -0.478 e. The van der Waals surface area contributed by atoms with Crippen molar-refractivity contribution >= 4 is 17.6 Å². The molecule has 7 rings (SSSR count). The molecule has 1 saturated heterocycles. The summed E-state index contributed by atoms with van der Waals surface area (Å²) in [6, 6.07) is 19.3. The Kier molecular flexibility index (Phi) is 7.68. The number of carbonyl (C=O) groups excluding carboxylic acids is 1. The maximum atomic E-state index is 12.5. The zero-order chi connectivity index (χ0) is 31.2. The van der Waals surface area contributed by atoms with Gasteiger partial charge in [0, 0.05) is 43.6 Å². The van der Waals surface area contributed by atoms with E-state index in [4.69, 9.17) is 4.98 Å². The quantitative estimate of drug-likeness (QED) is 0.240. The molecule has 2 aromatic carbocycles. The van der Waals surface area contributed by atoms with E-state index in [1.807, 2.05) is 25.1 Å². The summed E-state index contributed by atoms with van der Waals surface area (Å²) < 4.78 is 1.65. The molecule has 1 unspecified atom stereocenters. The van der Waals surface area contributed by atoms with Crippen molar-refractivity contribution in [3.63, 3.8) is 0 Å². The number of benzene rings is 2. The number of hydrogen-bond donors (Lipinski definition) is 1. The van der Waals surface area contributed by atoms with E-state index in [2.05, 4.69) is 65.1 Å². The number of aromatic carboxylic acids is 1. The fourth-order valence-corrected chi connectivity index (χ4v) is 7.34. The molecule has 2 aromatic heterocycles. The lowest BCUT2D eigenvalue weighted by Gasteiger charge is -2.32. The van der Waals surface area contributed by atoms with Crippen LogP contribution in [-0.2, 0) is 17.8 Å². The molecule has 0 bridgehead atoms. The molecule has 45 heavy (non-hydrogen) atoms. The molecule has 2 aliphatic heterocycles. The number of fused-ring (bicyclic) bond motifs is 1. The van der Waals surface area contributed by atoms with Crippen molar-refractivity contribution in [1.29, 1.82) is 0 Å². The van der Waals surface area contributed by atoms with Crippen molar-refractivity contribution in [3.8, 4) is 17.1 Å². The van der Waals surface area contributed by atoms with Crippen LogP contribution in [-0.4, -0.2) is 56.3 Å². The summed E-state index contributed by atoms with van der Waals surface area (Å²) in [5, 5.41) is 14.0. The highest BCUT2D eigenvalue weighted by Crippen LogP contribution is 2.44. The van der Waals surface area contributed by atoms with E-state index in [9.17, 15) is 14.7 Å². The largest absolute Gasteiger partial charge is 0.478 e. The molecule has 232 valence electrons. The van der Waals surface area contributed by atoms with E-state index in [0.717, 1.165) is 63.1 Å². The Morgan fingerprint density at radius 2 is 1.78 bits per heavy atom. The zero-order valence-electron chi connectivity index (χ0n) is 26.4. The third kappa shape index (κ3) is 5.51. The predicted molar refractivity (Wildman–Crippen MR) is 175 cm³/mol. The van der Waals surface area contributed by atoms with Gasteiger partial charge in [0.05, 0.1) is 23.3 Å². The second-order valence-corrected chi connectivity index (χ2v) is 13.0. The minimum absolute atomic E-state index is 0.209. The summed E-state index contributed by atoms with van der Waals surface area (Å²) in [4.78, 5) is 33.8. The number of nitrogens with zero attached hydrogens (tertiary/aromatic N) is 5. The van der Waals surface area contributed by atoms with Crippen LogP contribution >= 0.6 is 0 Å². The zero-order valence-corrected chi connectivity index (χ0v) is 26.4. The fourth-order valence-electron chi connectivity index (χ4n) is 7.34. The Morgan fingerprint density at radius 1 is 1.00 bits per heavy atom. The SMILES string of the molecule is CCc1c(C(=O)O)cnn1-c1cccc(-c2cccc3c2N(Cc2ccc(C4CCN(C(=O)C5CC5)CC4)cc2C)CC3C)n1. The van der Waals surface area contributed by atoms with Gasteiger partial charge < -0.3 is 14.9 Å². The molecule has 4 aromatic rings. The van der Waals surface area contributed by atoms with E-state index in [0.29, 0.717) is 41.6 Å². The molecule has 1 aliphatic carbocycles. The van der Waals surface area contributed by atoms with Crippen molar-refractivity contribution in [1.82, 2.24) is 19.7 Å². The number of carbonyl (C=O) groups is 2. The second-order valence-electron chi connectivity index (χ2n) is 13.0. The Hall–Kier alpha value is -4.46. The lowest BCUT2D eigenvalue weighted by atomic mass is 9.87. The lowest BCUT2D eigenvalue weighted by molar-refractivity contribution is -0.133. The maximum absolute atomic E-state index is 12.5. The molecule has 1 atom stereocenters. The minimum atomic E-state index is -0.978. The molecule has 1 N–H and O–H groups in total. The van der Waals surface area contributed by atoms with Gasteiger partial charge in [0.1, 0.15) is 5.56 Å². The monoisotopic (exact) mass is 603 g/mol. The Balaban J connectivity index is 1.13. The highest BCUT2D eigenvalue weighted by Gasteiger charge is 2.35. The van der Waals surface area contributed by atoms with Crippen LogP contribution in [0.25, 0.3) is 17.1 Å². The van der Waals surface area contributed by atoms with Crippen LogP contribution in [0.5, 0.6) is 0 Å². The third-order valence-electron chi connectivity index (χ3n) is 10.0. The Bertz CT molecular complexity index is 1770. The van der Waals surface area contributed by atoms with Crippen LogP contribution in [0.2, 0.25) is 0 Å². The van der Waals surface area contributed by atoms with Crippen LogP contribution in [0.15, 0.2) is 60.8 Å². The van der Waals surface area contributed by atoms with Crippen molar-refractivity contribution in [3.05, 3.63) is 94.3 Å². The van der Waals surface area contributed by atoms with Crippen LogP contribution in [0.1, 0.15) is 89.7 Å². The molecule has 8 heteroatoms. The Morgan fingerprint density at radius 3 is 2.49 bits per heavy atom. The normalized spacial score (nSPS) is 18.3. The van der Waals surface area contributed by atoms with Crippen LogP contribution in [0.4, 0.5) is 5.69 Å². The molecule has 0 radical (unpaired) electrons. The van der Waals surface area contributed by atoms with Gasteiger partial charge in [-0.15, -0.1) is 0 Å². The number of rotatable bonds is 8. The number of aryl methyl sites for hydroxylation is 1. The standard InChI is InChI=1S/C37H41N5O3/c1-4-33-31(37(44)45)20-38-42(33)34-10-6-9-32(39-34)30-8-5-7-29-24(3)21-41(35(29)30)22-28-14-13-27(19-23(28)2)25-15-17-40(18-16-25)36(43)26-11-12-26/h5-10,13-14,19-20,24-26H,4,11-12,15-18,21-22H2,1-3H3,(H,44,45). The van der Waals surface area contributed by atoms with Crippen LogP contribution < -0.4 is 4.90 Å². The smallest absolute Gasteiger partial charge is 0.339 e. The maximum Gasteiger partial charge on any atom is 0.339 e. The molecule has 2 fully saturated rings. The molecule has 3 aliphatic rings. The molecule has 1 saturated carbocycles. The van der Waals surface area contributed by atoms with Crippen molar-refractivity contribution < 1.29 is 14.7 Å². The van der Waals surface area contributed by atoms with Gasteiger partial charge in [-0.05, 0) is 79.3 Å². The second kappa shape index (κ2) is 11.8. The van der Waals surface area contributed by atoms with E-state index in [1.54, 1.807) is 4.68 Å². The van der Waals surface area contributed by atoms with E-state index in [-0.39, 0.29) is 5.56 Å². The summed E-state index contributed by atoms with van der Waals surface area (Å²) in [5.74, 6) is 1.21. The first kappa shape index (κ1) is 29.3. The summed E-state index contributed by atoms with van der Waals surface area (Å²) >= 11 is 0. The number of carboxylic acid groups (broad SMARTS) is 1. The summed E-state index contributed by atoms with van der Waals surface area (Å²) in [6.45, 7) is 9.94. The Labute approximate surface area is 264 Å². The highest BCUT2D eigenvalue weighted by atomic mass is 16.4. The van der Waals surface area contributed by atoms with Gasteiger partial charge in [-0.3, -0.25) is 4.79 Å². The van der Waals surface area contributed by atoms with Gasteiger partial charge in [-0.1, -0.05) is 56.3 Å². The van der Waals surface area contributed by atoms with Gasteiger partial charge in [0.2, 0.25) is 5.91 Å². The first-order valence-electron chi connectivity index (χ1n) is 16.4. The summed E-state index contributed by atoms with van der Waals surface area (Å²) in [5.41, 5.74) is 9.32. The summed E-state index contributed by atoms with van der Waals surface area (Å²) in [6.07, 6.45) is 6.18. The van der Waals surface area contributed by atoms with Crippen LogP contribution in [0, 0.1) is 12.8 Å². The van der Waals surface area contributed by atoms with Crippen LogP contribution in [0.3, 0.4) is 0 Å². The van der Waals surface area contributed by atoms with E-state index < -0.39 is 5.97 Å². The average Bonchev–Trinajstić information content (AvgIpc) is 3.74. The van der Waals surface area contributed by atoms with E-state index >= 15 is 0 Å². The lowest BCUT2D eigenvalue weighted by Crippen LogP contribution is -2.38. The van der Waals surface area contributed by atoms with Crippen molar-refractivity contribution in [2.45, 2.75) is 71.3 Å². The molecular formula is C37H41N5O3. The number of hydrogen-bond acceptors (Lipinski definition) is 5. The number of piperidine rings is 1. The third-order valence-corrected chi connectivity index (χ3v) is 10.0. The first-order chi connectivity index (χ1) is 21.8. The number of pyridine rings is 1. The average molecular weight is 604 g/mol. The predicted octanol–water partition coefficient (Wildman–Crippen LogP) is 6.74. The van der Waals surface area contributed by atoms with Gasteiger partial charge in [-0.2, -0.15) is 5.10 Å². The van der Waals surface area contributed by atoms with Gasteiger partial charge in [-0.25, -0.2) is 14.5 Å². The van der Waals surface area contributed by atoms with Crippen molar-refractivity contribution in [2.24, 2.45) is 5.92 Å². The molecule has 0 spiro atoms. The number of aromatic nitrogens is 3. The number of para-hydroxylation sites is 1. The number of anilines is 1. The molecule has 8 nitrogen and oxygen atoms in total. The molecule has 4 heterocycles.